The minimum atomic E-state index is -1.91. The van der Waals surface area contributed by atoms with E-state index in [0.717, 1.165) is 16.8 Å². The number of ketones is 1. The molecule has 0 saturated heterocycles. The number of aliphatic hydroxyl groups is 1. The average Bonchev–Trinajstić information content (AvgIpc) is 3.37. The molecule has 1 unspecified atom stereocenters. The summed E-state index contributed by atoms with van der Waals surface area (Å²) in [6.07, 6.45) is 4.89. The molecule has 8 nitrogen and oxygen atoms in total. The quantitative estimate of drug-likeness (QED) is 0.559. The number of Topliss-reactive ketones (excluding diaryl/α,β-unsaturated/α-hetero) is 1. The topological polar surface area (TPSA) is 108 Å². The fourth-order valence-corrected chi connectivity index (χ4v) is 8.41. The lowest BCUT2D eigenvalue weighted by molar-refractivity contribution is -0.209. The van der Waals surface area contributed by atoms with Gasteiger partial charge in [-0.2, -0.15) is 5.10 Å². The van der Waals surface area contributed by atoms with Gasteiger partial charge in [-0.3, -0.25) is 19.1 Å². The minimum absolute atomic E-state index is 0.00473. The zero-order chi connectivity index (χ0) is 27.6. The Morgan fingerprint density at radius 2 is 1.89 bits per heavy atom. The standard InChI is InChI=1S/C29H39FN2O6/c1-6-25(35)37-15-24(34)28(38-26(36)7-2)16(3)10-19-20-9-8-18-11-22-17(14-32(5)31-22)13-27(18,4)29(20,30)23(33)12-21(19)28/h11,14,16,19-21,23,33H,6-10,12-13,15H2,1-5H3/t16-,19-,20-,21?,23-,27-,28+,29-/m0/s1. The van der Waals surface area contributed by atoms with Crippen molar-refractivity contribution in [2.75, 3.05) is 6.61 Å². The maximum Gasteiger partial charge on any atom is 0.306 e. The molecular weight excluding hydrogens is 491 g/mol. The predicted octanol–water partition coefficient (Wildman–Crippen LogP) is 3.74. The van der Waals surface area contributed by atoms with Gasteiger partial charge in [0.25, 0.3) is 0 Å². The van der Waals surface area contributed by atoms with Gasteiger partial charge in [-0.1, -0.05) is 33.3 Å². The highest BCUT2D eigenvalue weighted by molar-refractivity contribution is 5.93. The summed E-state index contributed by atoms with van der Waals surface area (Å²) in [5.41, 5.74) is -1.59. The molecule has 208 valence electrons. The van der Waals surface area contributed by atoms with Gasteiger partial charge in [0.05, 0.1) is 11.8 Å². The van der Waals surface area contributed by atoms with E-state index in [1.54, 1.807) is 18.5 Å². The van der Waals surface area contributed by atoms with Crippen LogP contribution in [0.2, 0.25) is 0 Å². The summed E-state index contributed by atoms with van der Waals surface area (Å²) >= 11 is 0. The normalized spacial score (nSPS) is 39.2. The first-order valence-corrected chi connectivity index (χ1v) is 13.9. The van der Waals surface area contributed by atoms with Gasteiger partial charge in [0.2, 0.25) is 5.78 Å². The second-order valence-electron chi connectivity index (χ2n) is 12.0. The molecule has 4 aliphatic carbocycles. The molecule has 4 aliphatic rings. The van der Waals surface area contributed by atoms with Crippen LogP contribution in [0.3, 0.4) is 0 Å². The van der Waals surface area contributed by atoms with Crippen molar-refractivity contribution in [3.8, 4) is 0 Å². The zero-order valence-electron chi connectivity index (χ0n) is 23.0. The number of carbonyl (C=O) groups excluding carboxylic acids is 3. The SMILES string of the molecule is CCC(=O)OCC(=O)[C@]1(OC(=O)CC)C2C[C@H](O)[C@@]3(F)[C@@H](CCC4=Cc5nn(C)cc5C[C@@]43C)[C@@H]2C[C@@H]1C. The number of esters is 2. The Hall–Kier alpha value is -2.55. The lowest BCUT2D eigenvalue weighted by Crippen LogP contribution is -2.67. The number of allylic oxidation sites excluding steroid dienone is 1. The molecule has 0 radical (unpaired) electrons. The molecule has 0 aliphatic heterocycles. The predicted molar refractivity (Wildman–Crippen MR) is 136 cm³/mol. The first kappa shape index (κ1) is 27.0. The monoisotopic (exact) mass is 530 g/mol. The summed E-state index contributed by atoms with van der Waals surface area (Å²) in [5.74, 6) is -3.27. The van der Waals surface area contributed by atoms with E-state index in [1.807, 2.05) is 33.2 Å². The van der Waals surface area contributed by atoms with Crippen molar-refractivity contribution in [1.82, 2.24) is 9.78 Å². The smallest absolute Gasteiger partial charge is 0.306 e. The second-order valence-corrected chi connectivity index (χ2v) is 12.0. The summed E-state index contributed by atoms with van der Waals surface area (Å²) in [6.45, 7) is 6.56. The van der Waals surface area contributed by atoms with Crippen LogP contribution in [0, 0.1) is 29.1 Å². The number of carbonyl (C=O) groups is 3. The number of aromatic nitrogens is 2. The number of aryl methyl sites for hydroxylation is 1. The van der Waals surface area contributed by atoms with Gasteiger partial charge in [-0.05, 0) is 55.6 Å². The van der Waals surface area contributed by atoms with E-state index in [2.05, 4.69) is 5.10 Å². The van der Waals surface area contributed by atoms with Crippen LogP contribution in [0.5, 0.6) is 0 Å². The summed E-state index contributed by atoms with van der Waals surface area (Å²) in [6, 6.07) is 0. The highest BCUT2D eigenvalue weighted by atomic mass is 19.1. The summed E-state index contributed by atoms with van der Waals surface area (Å²) in [7, 11) is 1.85. The van der Waals surface area contributed by atoms with Crippen molar-refractivity contribution < 1.29 is 33.4 Å². The molecule has 8 atom stereocenters. The molecule has 0 spiro atoms. The van der Waals surface area contributed by atoms with E-state index in [9.17, 15) is 19.5 Å². The number of hydrogen-bond donors (Lipinski definition) is 1. The Kier molecular flexibility index (Phi) is 6.60. The number of hydrogen-bond acceptors (Lipinski definition) is 7. The molecule has 3 fully saturated rings. The van der Waals surface area contributed by atoms with E-state index in [0.29, 0.717) is 25.7 Å². The van der Waals surface area contributed by atoms with Crippen molar-refractivity contribution in [3.05, 3.63) is 23.0 Å². The second kappa shape index (κ2) is 9.28. The van der Waals surface area contributed by atoms with Gasteiger partial charge in [0, 0.05) is 43.3 Å². The molecule has 38 heavy (non-hydrogen) atoms. The van der Waals surface area contributed by atoms with Gasteiger partial charge < -0.3 is 14.6 Å². The molecule has 1 N–H and O–H groups in total. The molecule has 3 saturated carbocycles. The van der Waals surface area contributed by atoms with Gasteiger partial charge in [-0.25, -0.2) is 4.39 Å². The maximum atomic E-state index is 17.7. The Morgan fingerprint density at radius 3 is 2.58 bits per heavy atom. The number of aliphatic hydroxyl groups excluding tert-OH is 1. The Bertz CT molecular complexity index is 1190. The third-order valence-electron chi connectivity index (χ3n) is 10.2. The molecule has 0 aromatic carbocycles. The molecular formula is C29H39FN2O6. The fourth-order valence-electron chi connectivity index (χ4n) is 8.41. The van der Waals surface area contributed by atoms with E-state index in [1.165, 1.54) is 0 Å². The van der Waals surface area contributed by atoms with Crippen molar-refractivity contribution in [2.24, 2.45) is 36.1 Å². The van der Waals surface area contributed by atoms with Crippen LogP contribution < -0.4 is 0 Å². The van der Waals surface area contributed by atoms with E-state index >= 15 is 4.39 Å². The third kappa shape index (κ3) is 3.63. The molecule has 0 bridgehead atoms. The average molecular weight is 531 g/mol. The zero-order valence-corrected chi connectivity index (χ0v) is 23.0. The largest absolute Gasteiger partial charge is 0.457 e. The summed E-state index contributed by atoms with van der Waals surface area (Å²) in [5, 5.41) is 16.2. The Morgan fingerprint density at radius 1 is 1.18 bits per heavy atom. The van der Waals surface area contributed by atoms with Crippen LogP contribution in [0.4, 0.5) is 4.39 Å². The van der Waals surface area contributed by atoms with Crippen LogP contribution in [0.25, 0.3) is 6.08 Å². The lowest BCUT2D eigenvalue weighted by Gasteiger charge is -2.61. The Labute approximate surface area is 222 Å². The number of halogens is 1. The van der Waals surface area contributed by atoms with Crippen LogP contribution in [0.15, 0.2) is 11.8 Å². The first-order chi connectivity index (χ1) is 17.9. The van der Waals surface area contributed by atoms with E-state index in [-0.39, 0.29) is 25.2 Å². The van der Waals surface area contributed by atoms with E-state index in [4.69, 9.17) is 9.47 Å². The van der Waals surface area contributed by atoms with Gasteiger partial charge in [0.15, 0.2) is 12.2 Å². The van der Waals surface area contributed by atoms with Crippen LogP contribution in [-0.4, -0.2) is 56.6 Å². The molecule has 1 heterocycles. The van der Waals surface area contributed by atoms with Crippen LogP contribution in [-0.2, 0) is 37.3 Å². The number of rotatable bonds is 6. The fraction of sp³-hybridized carbons (Fsp3) is 0.724. The van der Waals surface area contributed by atoms with Crippen molar-refractivity contribution in [1.29, 1.82) is 0 Å². The number of fused-ring (bicyclic) bond motifs is 6. The van der Waals surface area contributed by atoms with Crippen molar-refractivity contribution in [2.45, 2.75) is 90.0 Å². The summed E-state index contributed by atoms with van der Waals surface area (Å²) < 4.78 is 30.6. The molecule has 1 aromatic rings. The van der Waals surface area contributed by atoms with Gasteiger partial charge in [0.1, 0.15) is 5.67 Å². The van der Waals surface area contributed by atoms with E-state index < -0.39 is 64.9 Å². The van der Waals surface area contributed by atoms with Gasteiger partial charge in [-0.15, -0.1) is 0 Å². The molecule has 9 heteroatoms. The van der Waals surface area contributed by atoms with Crippen LogP contribution in [0.1, 0.15) is 77.5 Å². The first-order valence-electron chi connectivity index (χ1n) is 13.9. The number of nitrogens with zero attached hydrogens (tertiary/aromatic N) is 2. The molecule has 5 rings (SSSR count). The van der Waals surface area contributed by atoms with Gasteiger partial charge >= 0.3 is 11.9 Å². The minimum Gasteiger partial charge on any atom is -0.457 e. The molecule has 1 aromatic heterocycles. The number of alkyl halides is 1. The highest BCUT2D eigenvalue weighted by Crippen LogP contribution is 2.68. The van der Waals surface area contributed by atoms with Crippen molar-refractivity contribution in [3.63, 3.8) is 0 Å². The van der Waals surface area contributed by atoms with Crippen molar-refractivity contribution >= 4 is 23.8 Å². The number of ether oxygens (including phenoxy) is 2. The third-order valence-corrected chi connectivity index (χ3v) is 10.2. The molecule has 0 amide bonds. The Balaban J connectivity index is 1.53. The lowest BCUT2D eigenvalue weighted by atomic mass is 9.46. The maximum absolute atomic E-state index is 17.7. The van der Waals surface area contributed by atoms with Crippen LogP contribution >= 0.6 is 0 Å². The highest BCUT2D eigenvalue weighted by Gasteiger charge is 2.73. The summed E-state index contributed by atoms with van der Waals surface area (Å²) in [4.78, 5) is 38.2.